The lowest BCUT2D eigenvalue weighted by atomic mass is 10.2. The van der Waals surface area contributed by atoms with E-state index in [-0.39, 0.29) is 6.42 Å². The Morgan fingerprint density at radius 1 is 1.38 bits per heavy atom. The van der Waals surface area contributed by atoms with E-state index in [2.05, 4.69) is 8.83 Å². The Kier molecular flexibility index (Phi) is 4.65. The predicted octanol–water partition coefficient (Wildman–Crippen LogP) is -0.476. The molecular formula is C5H11O9P2. The molecule has 0 aromatic carbocycles. The van der Waals surface area contributed by atoms with E-state index >= 15 is 0 Å². The third-order valence-electron chi connectivity index (χ3n) is 1.67. The molecule has 1 radical (unpaired) electrons. The fourth-order valence-electron chi connectivity index (χ4n) is 1.11. The highest BCUT2D eigenvalue weighted by Gasteiger charge is 2.39. The van der Waals surface area contributed by atoms with Gasteiger partial charge in [0.15, 0.2) is 0 Å². The number of aliphatic hydroxyl groups excluding tert-OH is 1. The number of ether oxygens (including phenoxy) is 1. The molecule has 11 heteroatoms. The molecule has 1 fully saturated rings. The van der Waals surface area contributed by atoms with E-state index in [1.54, 1.807) is 0 Å². The SMILES string of the molecule is O=P(O)(O)OP(=O)(O)O[C@H]1C[CH]O[C@@H]1CO. The van der Waals surface area contributed by atoms with Crippen LogP contribution in [0.5, 0.6) is 0 Å². The quantitative estimate of drug-likeness (QED) is 0.490. The van der Waals surface area contributed by atoms with Crippen molar-refractivity contribution >= 4 is 15.6 Å². The van der Waals surface area contributed by atoms with E-state index in [4.69, 9.17) is 24.5 Å². The van der Waals surface area contributed by atoms with Gasteiger partial charge >= 0.3 is 15.6 Å². The van der Waals surface area contributed by atoms with Gasteiger partial charge in [0.25, 0.3) is 0 Å². The monoisotopic (exact) mass is 277 g/mol. The molecule has 1 aliphatic heterocycles. The molecule has 0 spiro atoms. The van der Waals surface area contributed by atoms with Crippen molar-refractivity contribution in [3.8, 4) is 0 Å². The second-order valence-electron chi connectivity index (χ2n) is 2.94. The Bertz CT molecular complexity index is 324. The summed E-state index contributed by atoms with van der Waals surface area (Å²) >= 11 is 0. The van der Waals surface area contributed by atoms with Crippen molar-refractivity contribution in [2.24, 2.45) is 0 Å². The second kappa shape index (κ2) is 5.22. The molecular weight excluding hydrogens is 266 g/mol. The van der Waals surface area contributed by atoms with Crippen LogP contribution in [0.15, 0.2) is 0 Å². The van der Waals surface area contributed by atoms with Gasteiger partial charge in [-0.1, -0.05) is 0 Å². The van der Waals surface area contributed by atoms with Crippen molar-refractivity contribution in [2.45, 2.75) is 18.6 Å². The molecule has 1 rings (SSSR count). The van der Waals surface area contributed by atoms with E-state index < -0.39 is 34.5 Å². The van der Waals surface area contributed by atoms with Crippen molar-refractivity contribution < 1.29 is 42.5 Å². The average Bonchev–Trinajstić information content (AvgIpc) is 2.45. The molecule has 4 N–H and O–H groups in total. The minimum Gasteiger partial charge on any atom is -0.394 e. The van der Waals surface area contributed by atoms with Gasteiger partial charge in [-0.25, -0.2) is 9.13 Å². The first kappa shape index (κ1) is 14.2. The Labute approximate surface area is 90.8 Å². The summed E-state index contributed by atoms with van der Waals surface area (Å²) in [5.74, 6) is 0. The van der Waals surface area contributed by atoms with Crippen LogP contribution in [0, 0.1) is 6.61 Å². The van der Waals surface area contributed by atoms with Crippen LogP contribution in [0.1, 0.15) is 6.42 Å². The molecule has 0 saturated carbocycles. The van der Waals surface area contributed by atoms with Gasteiger partial charge in [-0.3, -0.25) is 4.52 Å². The Balaban J connectivity index is 2.58. The first-order chi connectivity index (χ1) is 7.23. The van der Waals surface area contributed by atoms with Gasteiger partial charge in [-0.05, 0) is 0 Å². The van der Waals surface area contributed by atoms with E-state index in [9.17, 15) is 9.13 Å². The molecule has 3 atom stereocenters. The highest BCUT2D eigenvalue weighted by atomic mass is 31.3. The topological polar surface area (TPSA) is 143 Å². The first-order valence-corrected chi connectivity index (χ1v) is 7.12. The van der Waals surface area contributed by atoms with Gasteiger partial charge in [0.1, 0.15) is 12.2 Å². The molecule has 1 heterocycles. The molecule has 0 aromatic heterocycles. The zero-order chi connectivity index (χ0) is 12.4. The maximum Gasteiger partial charge on any atom is 0.481 e. The van der Waals surface area contributed by atoms with Crippen LogP contribution >= 0.6 is 15.6 Å². The fourth-order valence-corrected chi connectivity index (χ4v) is 2.90. The van der Waals surface area contributed by atoms with Gasteiger partial charge in [-0.15, -0.1) is 0 Å². The number of aliphatic hydroxyl groups is 1. The zero-order valence-electron chi connectivity index (χ0n) is 7.87. The highest BCUT2D eigenvalue weighted by Crippen LogP contribution is 2.58. The van der Waals surface area contributed by atoms with E-state index in [1.165, 1.54) is 6.61 Å². The third-order valence-corrected chi connectivity index (χ3v) is 3.89. The minimum absolute atomic E-state index is 0.0975. The number of rotatable bonds is 5. The lowest BCUT2D eigenvalue weighted by molar-refractivity contribution is 0.0153. The summed E-state index contributed by atoms with van der Waals surface area (Å²) in [5.41, 5.74) is 0. The molecule has 0 amide bonds. The van der Waals surface area contributed by atoms with Gasteiger partial charge < -0.3 is 24.5 Å². The normalized spacial score (nSPS) is 30.2. The number of hydrogen-bond donors (Lipinski definition) is 4. The molecule has 0 aromatic rings. The van der Waals surface area contributed by atoms with Crippen molar-refractivity contribution in [3.05, 3.63) is 6.61 Å². The van der Waals surface area contributed by atoms with Gasteiger partial charge in [-0.2, -0.15) is 4.31 Å². The van der Waals surface area contributed by atoms with Crippen LogP contribution in [-0.4, -0.2) is 38.6 Å². The average molecular weight is 277 g/mol. The number of hydrogen-bond acceptors (Lipinski definition) is 6. The fraction of sp³-hybridized carbons (Fsp3) is 0.800. The van der Waals surface area contributed by atoms with Gasteiger partial charge in [0.05, 0.1) is 13.2 Å². The molecule has 95 valence electrons. The largest absolute Gasteiger partial charge is 0.481 e. The molecule has 0 aliphatic carbocycles. The van der Waals surface area contributed by atoms with Crippen LogP contribution in [0.4, 0.5) is 0 Å². The molecule has 0 bridgehead atoms. The molecule has 1 unspecified atom stereocenters. The van der Waals surface area contributed by atoms with Crippen molar-refractivity contribution in [1.82, 2.24) is 0 Å². The highest BCUT2D eigenvalue weighted by molar-refractivity contribution is 7.60. The van der Waals surface area contributed by atoms with Gasteiger partial charge in [0.2, 0.25) is 0 Å². The Morgan fingerprint density at radius 2 is 2.00 bits per heavy atom. The van der Waals surface area contributed by atoms with E-state index in [0.717, 1.165) is 0 Å². The number of phosphoric acid groups is 2. The maximum atomic E-state index is 11.1. The first-order valence-electron chi connectivity index (χ1n) is 4.09. The summed E-state index contributed by atoms with van der Waals surface area (Å²) in [6.45, 7) is 0.792. The van der Waals surface area contributed by atoms with E-state index in [1.807, 2.05) is 0 Å². The van der Waals surface area contributed by atoms with Crippen molar-refractivity contribution in [1.29, 1.82) is 0 Å². The van der Waals surface area contributed by atoms with Crippen molar-refractivity contribution in [2.75, 3.05) is 6.61 Å². The molecule has 9 nitrogen and oxygen atoms in total. The summed E-state index contributed by atoms with van der Waals surface area (Å²) in [6, 6.07) is 0. The Hall–Kier alpha value is 0.180. The van der Waals surface area contributed by atoms with Crippen LogP contribution in [0.2, 0.25) is 0 Å². The predicted molar refractivity (Wildman–Crippen MR) is 48.7 cm³/mol. The minimum atomic E-state index is -5.12. The lowest BCUT2D eigenvalue weighted by Gasteiger charge is -2.19. The molecule has 1 aliphatic rings. The molecule has 1 saturated heterocycles. The van der Waals surface area contributed by atoms with Crippen LogP contribution < -0.4 is 0 Å². The van der Waals surface area contributed by atoms with Crippen LogP contribution in [0.25, 0.3) is 0 Å². The summed E-state index contributed by atoms with van der Waals surface area (Å²) in [6.07, 6.45) is -1.76. The third kappa shape index (κ3) is 4.58. The van der Waals surface area contributed by atoms with Gasteiger partial charge in [0, 0.05) is 6.42 Å². The zero-order valence-corrected chi connectivity index (χ0v) is 9.66. The summed E-state index contributed by atoms with van der Waals surface area (Å²) < 4.78 is 34.3. The summed E-state index contributed by atoms with van der Waals surface area (Å²) in [5, 5.41) is 8.78. The number of phosphoric ester groups is 1. The van der Waals surface area contributed by atoms with E-state index in [0.29, 0.717) is 0 Å². The maximum absolute atomic E-state index is 11.1. The second-order valence-corrected chi connectivity index (χ2v) is 5.73. The molecule has 16 heavy (non-hydrogen) atoms. The summed E-state index contributed by atoms with van der Waals surface area (Å²) in [7, 11) is -10.0. The van der Waals surface area contributed by atoms with Crippen molar-refractivity contribution in [3.63, 3.8) is 0 Å². The van der Waals surface area contributed by atoms with Crippen LogP contribution in [-0.2, 0) is 22.7 Å². The van der Waals surface area contributed by atoms with Crippen LogP contribution in [0.3, 0.4) is 0 Å². The standard InChI is InChI=1S/C5H11O9P2/c6-3-5-4(1-2-12-5)13-16(10,11)14-15(7,8)9/h2,4-6H,1,3H2,(H,10,11)(H2,7,8,9)/t4-,5+/m0/s1. The lowest BCUT2D eigenvalue weighted by Crippen LogP contribution is -2.27. The summed E-state index contributed by atoms with van der Waals surface area (Å²) in [4.78, 5) is 25.7. The smallest absolute Gasteiger partial charge is 0.394 e. The Morgan fingerprint density at radius 3 is 2.50 bits per heavy atom.